The summed E-state index contributed by atoms with van der Waals surface area (Å²) >= 11 is 0. The molecule has 5 rings (SSSR count). The predicted molar refractivity (Wildman–Crippen MR) is 159 cm³/mol. The van der Waals surface area contributed by atoms with Crippen molar-refractivity contribution in [2.24, 2.45) is 4.99 Å². The molecule has 4 aromatic rings. The second-order valence-corrected chi connectivity index (χ2v) is 10.9. The van der Waals surface area contributed by atoms with Gasteiger partial charge in [0.15, 0.2) is 11.1 Å². The summed E-state index contributed by atoms with van der Waals surface area (Å²) in [4.78, 5) is 8.37. The average Bonchev–Trinajstić information content (AvgIpc) is 3.00. The lowest BCUT2D eigenvalue weighted by Crippen LogP contribution is -2.64. The van der Waals surface area contributed by atoms with Gasteiger partial charge in [-0.1, -0.05) is 54.6 Å². The third kappa shape index (κ3) is 4.90. The number of amidine groups is 1. The van der Waals surface area contributed by atoms with Crippen LogP contribution in [0.1, 0.15) is 43.2 Å². The third-order valence-electron chi connectivity index (χ3n) is 7.92. The quantitative estimate of drug-likeness (QED) is 0.242. The van der Waals surface area contributed by atoms with Gasteiger partial charge in [0.1, 0.15) is 34.4 Å². The van der Waals surface area contributed by atoms with Crippen LogP contribution in [0.5, 0.6) is 11.5 Å². The Morgan fingerprint density at radius 2 is 1.28 bits per heavy atom. The van der Waals surface area contributed by atoms with Gasteiger partial charge in [-0.25, -0.2) is 14.4 Å². The SMILES string of the molecule is COc1ccc(C(NC2=N[C@](C)(c3nc(N)ccc3F)C(F)(F)C(C)(C)O2)(c2ccccc2)c2ccc(OC)cc2)cc1. The number of aliphatic imine (C=N–C) groups is 1. The molecule has 3 N–H and O–H groups in total. The molecule has 0 aliphatic carbocycles. The zero-order chi connectivity index (χ0) is 31.0. The molecule has 1 atom stereocenters. The molecule has 0 amide bonds. The van der Waals surface area contributed by atoms with Crippen molar-refractivity contribution in [2.75, 3.05) is 20.0 Å². The van der Waals surface area contributed by atoms with E-state index in [0.717, 1.165) is 29.7 Å². The first-order valence-corrected chi connectivity index (χ1v) is 13.6. The summed E-state index contributed by atoms with van der Waals surface area (Å²) in [5, 5.41) is 3.38. The van der Waals surface area contributed by atoms with E-state index < -0.39 is 34.1 Å². The first-order chi connectivity index (χ1) is 20.4. The fourth-order valence-corrected chi connectivity index (χ4v) is 5.49. The van der Waals surface area contributed by atoms with Gasteiger partial charge in [-0.15, -0.1) is 0 Å². The molecule has 0 saturated carbocycles. The van der Waals surface area contributed by atoms with Crippen molar-refractivity contribution in [3.05, 3.63) is 119 Å². The van der Waals surface area contributed by atoms with E-state index in [1.165, 1.54) is 19.9 Å². The van der Waals surface area contributed by atoms with Crippen molar-refractivity contribution in [1.82, 2.24) is 10.3 Å². The number of rotatable bonds is 7. The topological polar surface area (TPSA) is 91.0 Å². The lowest BCUT2D eigenvalue weighted by atomic mass is 9.76. The zero-order valence-corrected chi connectivity index (χ0v) is 24.5. The molecule has 1 aromatic heterocycles. The van der Waals surface area contributed by atoms with Crippen molar-refractivity contribution in [2.45, 2.75) is 43.4 Å². The molecule has 0 fully saturated rings. The number of pyridine rings is 1. The molecule has 0 unspecified atom stereocenters. The van der Waals surface area contributed by atoms with Gasteiger partial charge in [-0.05, 0) is 73.9 Å². The second kappa shape index (κ2) is 10.8. The Morgan fingerprint density at radius 3 is 1.79 bits per heavy atom. The van der Waals surface area contributed by atoms with E-state index in [0.29, 0.717) is 11.5 Å². The molecule has 224 valence electrons. The van der Waals surface area contributed by atoms with Crippen molar-refractivity contribution in [1.29, 1.82) is 0 Å². The fraction of sp³-hybridized carbons (Fsp3) is 0.273. The van der Waals surface area contributed by atoms with Crippen LogP contribution in [0.4, 0.5) is 19.0 Å². The fourth-order valence-electron chi connectivity index (χ4n) is 5.49. The minimum atomic E-state index is -3.71. The maximum Gasteiger partial charge on any atom is 0.316 e. The van der Waals surface area contributed by atoms with Gasteiger partial charge in [0.2, 0.25) is 0 Å². The smallest absolute Gasteiger partial charge is 0.316 e. The summed E-state index contributed by atoms with van der Waals surface area (Å²) in [6.45, 7) is 3.60. The third-order valence-corrected chi connectivity index (χ3v) is 7.92. The maximum absolute atomic E-state index is 16.2. The van der Waals surface area contributed by atoms with Gasteiger partial charge in [-0.2, -0.15) is 8.78 Å². The summed E-state index contributed by atoms with van der Waals surface area (Å²) in [6, 6.07) is 26.1. The van der Waals surface area contributed by atoms with Crippen LogP contribution in [-0.2, 0) is 15.8 Å². The lowest BCUT2D eigenvalue weighted by Gasteiger charge is -2.48. The molecule has 1 aliphatic heterocycles. The van der Waals surface area contributed by atoms with Crippen LogP contribution in [0, 0.1) is 5.82 Å². The molecule has 7 nitrogen and oxygen atoms in total. The predicted octanol–water partition coefficient (Wildman–Crippen LogP) is 6.42. The molecule has 0 bridgehead atoms. The van der Waals surface area contributed by atoms with Crippen molar-refractivity contribution in [3.8, 4) is 11.5 Å². The van der Waals surface area contributed by atoms with Gasteiger partial charge >= 0.3 is 5.92 Å². The van der Waals surface area contributed by atoms with Crippen LogP contribution in [0.2, 0.25) is 0 Å². The number of nitrogens with two attached hydrogens (primary N) is 1. The molecule has 43 heavy (non-hydrogen) atoms. The van der Waals surface area contributed by atoms with Crippen LogP contribution in [-0.4, -0.2) is 36.7 Å². The van der Waals surface area contributed by atoms with Gasteiger partial charge in [0.25, 0.3) is 6.02 Å². The van der Waals surface area contributed by atoms with Crippen LogP contribution >= 0.6 is 0 Å². The van der Waals surface area contributed by atoms with Crippen LogP contribution in [0.25, 0.3) is 0 Å². The van der Waals surface area contributed by atoms with E-state index in [2.05, 4.69) is 15.3 Å². The first-order valence-electron chi connectivity index (χ1n) is 13.6. The van der Waals surface area contributed by atoms with Crippen LogP contribution in [0.3, 0.4) is 0 Å². The van der Waals surface area contributed by atoms with E-state index in [1.54, 1.807) is 38.5 Å². The largest absolute Gasteiger partial charge is 0.497 e. The van der Waals surface area contributed by atoms with Gasteiger partial charge in [-0.3, -0.25) is 0 Å². The number of hydrogen-bond acceptors (Lipinski definition) is 7. The van der Waals surface area contributed by atoms with E-state index in [-0.39, 0.29) is 11.8 Å². The number of benzene rings is 3. The molecule has 0 spiro atoms. The number of anilines is 1. The summed E-state index contributed by atoms with van der Waals surface area (Å²) in [5.41, 5.74) is 1.56. The highest BCUT2D eigenvalue weighted by Crippen LogP contribution is 2.52. The van der Waals surface area contributed by atoms with Crippen LogP contribution < -0.4 is 20.5 Å². The highest BCUT2D eigenvalue weighted by atomic mass is 19.3. The number of nitrogens with zero attached hydrogens (tertiary/aromatic N) is 2. The van der Waals surface area contributed by atoms with Gasteiger partial charge < -0.3 is 25.3 Å². The summed E-state index contributed by atoms with van der Waals surface area (Å²) in [7, 11) is 3.14. The summed E-state index contributed by atoms with van der Waals surface area (Å²) in [6.07, 6.45) is 0. The van der Waals surface area contributed by atoms with E-state index in [9.17, 15) is 0 Å². The Balaban J connectivity index is 1.80. The van der Waals surface area contributed by atoms with Crippen molar-refractivity contribution < 1.29 is 27.4 Å². The summed E-state index contributed by atoms with van der Waals surface area (Å²) < 4.78 is 64.4. The minimum Gasteiger partial charge on any atom is -0.497 e. The van der Waals surface area contributed by atoms with Crippen LogP contribution in [0.15, 0.2) is 96.0 Å². The first kappa shape index (κ1) is 29.8. The molecule has 2 heterocycles. The maximum atomic E-state index is 16.2. The summed E-state index contributed by atoms with van der Waals surface area (Å²) in [5.74, 6) is -3.52. The molecule has 0 saturated heterocycles. The average molecular weight is 591 g/mol. The number of ether oxygens (including phenoxy) is 3. The Bertz CT molecular complexity index is 1580. The number of hydrogen-bond donors (Lipinski definition) is 2. The normalized spacial score (nSPS) is 19.1. The monoisotopic (exact) mass is 590 g/mol. The number of halogens is 3. The molecular formula is C33H33F3N4O3. The van der Waals surface area contributed by atoms with E-state index in [4.69, 9.17) is 19.9 Å². The lowest BCUT2D eigenvalue weighted by molar-refractivity contribution is -0.210. The molecule has 0 radical (unpaired) electrons. The Hall–Kier alpha value is -4.73. The number of aromatic nitrogens is 1. The number of nitrogens with one attached hydrogen (secondary N) is 1. The molecule has 1 aliphatic rings. The Kier molecular flexibility index (Phi) is 7.50. The highest BCUT2D eigenvalue weighted by molar-refractivity contribution is 5.79. The van der Waals surface area contributed by atoms with E-state index in [1.807, 2.05) is 54.6 Å². The molecular weight excluding hydrogens is 557 g/mol. The van der Waals surface area contributed by atoms with Crippen molar-refractivity contribution >= 4 is 11.8 Å². The van der Waals surface area contributed by atoms with Crippen molar-refractivity contribution in [3.63, 3.8) is 0 Å². The Morgan fingerprint density at radius 1 is 0.767 bits per heavy atom. The van der Waals surface area contributed by atoms with E-state index >= 15 is 13.2 Å². The van der Waals surface area contributed by atoms with Gasteiger partial charge in [0.05, 0.1) is 14.2 Å². The zero-order valence-electron chi connectivity index (χ0n) is 24.5. The second-order valence-electron chi connectivity index (χ2n) is 10.9. The standard InChI is InChI=1S/C33H33F3N4O3/c1-30(2)33(35,36)31(3,28-26(34)19-20-27(37)38-28)39-29(43-30)40-32(21-9-7-6-8-10-21,22-11-15-24(41-4)16-12-22)23-13-17-25(42-5)18-14-23/h6-20H,1-5H3,(H2,37,38)(H,39,40)/t31-/m1/s1. The van der Waals surface area contributed by atoms with Gasteiger partial charge in [0, 0.05) is 0 Å². The number of alkyl halides is 2. The molecule has 3 aromatic carbocycles. The number of methoxy groups -OCH3 is 2. The highest BCUT2D eigenvalue weighted by Gasteiger charge is 2.67. The number of nitrogen functional groups attached to an aromatic ring is 1. The minimum absolute atomic E-state index is 0.113. The molecule has 10 heteroatoms. The Labute approximate surface area is 248 Å².